The number of carbonyl (C=O) groups excluding carboxylic acids is 1. The van der Waals surface area contributed by atoms with Crippen molar-refractivity contribution < 1.29 is 9.72 Å². The van der Waals surface area contributed by atoms with Crippen molar-refractivity contribution in [3.63, 3.8) is 0 Å². The molecule has 1 aromatic carbocycles. The van der Waals surface area contributed by atoms with Gasteiger partial charge in [0.05, 0.1) is 16.8 Å². The molecular formula is C13H13N5O3. The van der Waals surface area contributed by atoms with Crippen LogP contribution in [0.25, 0.3) is 0 Å². The molecule has 0 bridgehead atoms. The molecule has 0 aliphatic heterocycles. The molecule has 1 heterocycles. The van der Waals surface area contributed by atoms with Gasteiger partial charge in [0.15, 0.2) is 0 Å². The number of amides is 1. The summed E-state index contributed by atoms with van der Waals surface area (Å²) in [5.41, 5.74) is 3.68. The predicted octanol–water partition coefficient (Wildman–Crippen LogP) is 1.84. The van der Waals surface area contributed by atoms with E-state index in [9.17, 15) is 14.9 Å². The smallest absolute Gasteiger partial charge is 0.293 e. The second-order valence-electron chi connectivity index (χ2n) is 4.28. The minimum absolute atomic E-state index is 0.0645. The van der Waals surface area contributed by atoms with Gasteiger partial charge in [-0.3, -0.25) is 25.7 Å². The van der Waals surface area contributed by atoms with E-state index in [0.717, 1.165) is 5.69 Å². The van der Waals surface area contributed by atoms with E-state index in [-0.39, 0.29) is 16.9 Å². The molecule has 0 saturated carbocycles. The first kappa shape index (κ1) is 14.4. The lowest BCUT2D eigenvalue weighted by Gasteiger charge is -2.07. The topological polar surface area (TPSA) is 123 Å². The number of nitrogens with zero attached hydrogens (tertiary/aromatic N) is 2. The molecule has 0 saturated heterocycles. The maximum absolute atomic E-state index is 12.1. The standard InChI is InChI=1S/C13H13N5O3/c1-8-2-4-10(7-15-8)16-13(19)9-3-5-12(18(20)21)11(6-9)17-14/h2-7,17H,14H2,1H3,(H,16,19). The number of pyridine rings is 1. The molecule has 0 atom stereocenters. The number of nitro groups is 1. The number of hydrogen-bond donors (Lipinski definition) is 3. The third-order valence-electron chi connectivity index (χ3n) is 2.78. The van der Waals surface area contributed by atoms with Crippen LogP contribution in [0, 0.1) is 17.0 Å². The minimum atomic E-state index is -0.583. The number of benzene rings is 1. The molecule has 0 aliphatic rings. The quantitative estimate of drug-likeness (QED) is 0.448. The molecule has 2 rings (SSSR count). The summed E-state index contributed by atoms with van der Waals surface area (Å²) < 4.78 is 0. The van der Waals surface area contributed by atoms with Gasteiger partial charge in [-0.25, -0.2) is 0 Å². The number of nitrogens with one attached hydrogen (secondary N) is 2. The number of nitrogens with two attached hydrogens (primary N) is 1. The van der Waals surface area contributed by atoms with E-state index in [0.29, 0.717) is 5.69 Å². The van der Waals surface area contributed by atoms with Crippen LogP contribution in [0.2, 0.25) is 0 Å². The van der Waals surface area contributed by atoms with Gasteiger partial charge in [-0.15, -0.1) is 0 Å². The maximum Gasteiger partial charge on any atom is 0.293 e. The van der Waals surface area contributed by atoms with Gasteiger partial charge in [0.1, 0.15) is 5.69 Å². The monoisotopic (exact) mass is 287 g/mol. The number of aromatic nitrogens is 1. The average Bonchev–Trinajstić information content (AvgIpc) is 2.48. The second-order valence-corrected chi connectivity index (χ2v) is 4.28. The highest BCUT2D eigenvalue weighted by atomic mass is 16.6. The van der Waals surface area contributed by atoms with E-state index < -0.39 is 10.8 Å². The Morgan fingerprint density at radius 1 is 1.33 bits per heavy atom. The summed E-state index contributed by atoms with van der Waals surface area (Å²) in [6.45, 7) is 1.83. The lowest BCUT2D eigenvalue weighted by Crippen LogP contribution is -2.14. The zero-order chi connectivity index (χ0) is 15.4. The molecule has 0 fully saturated rings. The van der Waals surface area contributed by atoms with Crippen molar-refractivity contribution in [1.82, 2.24) is 4.98 Å². The van der Waals surface area contributed by atoms with Crippen molar-refractivity contribution in [2.45, 2.75) is 6.92 Å². The van der Waals surface area contributed by atoms with Gasteiger partial charge in [-0.1, -0.05) is 0 Å². The summed E-state index contributed by atoms with van der Waals surface area (Å²) in [4.78, 5) is 26.3. The molecule has 1 aromatic heterocycles. The molecule has 1 amide bonds. The normalized spacial score (nSPS) is 10.0. The molecule has 8 heteroatoms. The van der Waals surface area contributed by atoms with Crippen molar-refractivity contribution >= 4 is 23.0 Å². The van der Waals surface area contributed by atoms with Crippen LogP contribution in [-0.4, -0.2) is 15.8 Å². The van der Waals surface area contributed by atoms with Crippen molar-refractivity contribution in [1.29, 1.82) is 0 Å². The largest absolute Gasteiger partial charge is 0.321 e. The maximum atomic E-state index is 12.1. The number of rotatable bonds is 4. The molecular weight excluding hydrogens is 274 g/mol. The first-order chi connectivity index (χ1) is 10.0. The highest BCUT2D eigenvalue weighted by molar-refractivity contribution is 6.05. The van der Waals surface area contributed by atoms with Gasteiger partial charge < -0.3 is 10.7 Å². The van der Waals surface area contributed by atoms with E-state index >= 15 is 0 Å². The third-order valence-corrected chi connectivity index (χ3v) is 2.78. The molecule has 108 valence electrons. The lowest BCUT2D eigenvalue weighted by molar-refractivity contribution is -0.384. The Labute approximate surface area is 120 Å². The van der Waals surface area contributed by atoms with Crippen LogP contribution in [0.5, 0.6) is 0 Å². The predicted molar refractivity (Wildman–Crippen MR) is 77.8 cm³/mol. The van der Waals surface area contributed by atoms with Gasteiger partial charge in [0.2, 0.25) is 0 Å². The number of anilines is 2. The second kappa shape index (κ2) is 5.97. The van der Waals surface area contributed by atoms with Crippen molar-refractivity contribution in [3.05, 3.63) is 57.9 Å². The molecule has 21 heavy (non-hydrogen) atoms. The van der Waals surface area contributed by atoms with Crippen molar-refractivity contribution in [3.8, 4) is 0 Å². The van der Waals surface area contributed by atoms with Crippen LogP contribution in [0.4, 0.5) is 17.1 Å². The summed E-state index contributed by atoms with van der Waals surface area (Å²) >= 11 is 0. The average molecular weight is 287 g/mol. The van der Waals surface area contributed by atoms with Gasteiger partial charge in [0, 0.05) is 17.3 Å². The van der Waals surface area contributed by atoms with Gasteiger partial charge in [-0.05, 0) is 31.2 Å². The van der Waals surface area contributed by atoms with Gasteiger partial charge in [-0.2, -0.15) is 0 Å². The fraction of sp³-hybridized carbons (Fsp3) is 0.0769. The Morgan fingerprint density at radius 3 is 2.67 bits per heavy atom. The van der Waals surface area contributed by atoms with E-state index in [1.165, 1.54) is 24.4 Å². The van der Waals surface area contributed by atoms with Gasteiger partial charge in [0.25, 0.3) is 11.6 Å². The number of hydrogen-bond acceptors (Lipinski definition) is 6. The van der Waals surface area contributed by atoms with Crippen LogP contribution in [-0.2, 0) is 0 Å². The molecule has 4 N–H and O–H groups in total. The molecule has 8 nitrogen and oxygen atoms in total. The van der Waals surface area contributed by atoms with E-state index in [1.54, 1.807) is 12.1 Å². The summed E-state index contributed by atoms with van der Waals surface area (Å²) in [5, 5.41) is 13.4. The summed E-state index contributed by atoms with van der Waals surface area (Å²) in [6, 6.07) is 7.37. The number of nitro benzene ring substituents is 1. The summed E-state index contributed by atoms with van der Waals surface area (Å²) in [7, 11) is 0. The van der Waals surface area contributed by atoms with Crippen molar-refractivity contribution in [2.75, 3.05) is 10.7 Å². The minimum Gasteiger partial charge on any atom is -0.321 e. The molecule has 0 radical (unpaired) electrons. The summed E-state index contributed by atoms with van der Waals surface area (Å²) in [6.07, 6.45) is 1.53. The van der Waals surface area contributed by atoms with Crippen LogP contribution in [0.3, 0.4) is 0 Å². The number of nitrogen functional groups attached to an aromatic ring is 1. The Morgan fingerprint density at radius 2 is 2.10 bits per heavy atom. The van der Waals surface area contributed by atoms with E-state index in [4.69, 9.17) is 5.84 Å². The molecule has 0 unspecified atom stereocenters. The van der Waals surface area contributed by atoms with Crippen molar-refractivity contribution in [2.24, 2.45) is 5.84 Å². The summed E-state index contributed by atoms with van der Waals surface area (Å²) in [5.74, 6) is 4.82. The SMILES string of the molecule is Cc1ccc(NC(=O)c2ccc([N+](=O)[O-])c(NN)c2)cn1. The number of carbonyl (C=O) groups is 1. The fourth-order valence-electron chi connectivity index (χ4n) is 1.70. The zero-order valence-corrected chi connectivity index (χ0v) is 11.2. The van der Waals surface area contributed by atoms with Crippen LogP contribution in [0.15, 0.2) is 36.5 Å². The van der Waals surface area contributed by atoms with Gasteiger partial charge >= 0.3 is 0 Å². The van der Waals surface area contributed by atoms with Crippen LogP contribution in [0.1, 0.15) is 16.1 Å². The molecule has 0 aliphatic carbocycles. The third kappa shape index (κ3) is 3.31. The number of hydrazine groups is 1. The van der Waals surface area contributed by atoms with E-state index in [2.05, 4.69) is 15.7 Å². The Kier molecular flexibility index (Phi) is 4.10. The van der Waals surface area contributed by atoms with Crippen LogP contribution >= 0.6 is 0 Å². The lowest BCUT2D eigenvalue weighted by atomic mass is 10.1. The fourth-order valence-corrected chi connectivity index (χ4v) is 1.70. The Hall–Kier alpha value is -3.00. The Bertz CT molecular complexity index is 685. The highest BCUT2D eigenvalue weighted by Gasteiger charge is 2.16. The Balaban J connectivity index is 2.23. The molecule has 0 spiro atoms. The van der Waals surface area contributed by atoms with E-state index in [1.807, 2.05) is 6.92 Å². The first-order valence-corrected chi connectivity index (χ1v) is 6.00. The molecule has 2 aromatic rings. The zero-order valence-electron chi connectivity index (χ0n) is 11.2. The van der Waals surface area contributed by atoms with Crippen LogP contribution < -0.4 is 16.6 Å². The first-order valence-electron chi connectivity index (χ1n) is 6.00. The highest BCUT2D eigenvalue weighted by Crippen LogP contribution is 2.24. The number of aryl methyl sites for hydroxylation is 1.